The molecule has 0 N–H and O–H groups in total. The van der Waals surface area contributed by atoms with E-state index in [-0.39, 0.29) is 18.3 Å². The minimum absolute atomic E-state index is 0.0740. The first-order valence-electron chi connectivity index (χ1n) is 7.50. The number of nitrogens with zero attached hydrogens (tertiary/aromatic N) is 4. The lowest BCUT2D eigenvalue weighted by molar-refractivity contribution is -0.133. The van der Waals surface area contributed by atoms with Crippen molar-refractivity contribution in [1.29, 1.82) is 0 Å². The fraction of sp³-hybridized carbons (Fsp3) is 0.312. The molecule has 3 rings (SSSR count). The molecular formula is C16H16BrFN4O2. The van der Waals surface area contributed by atoms with Crippen LogP contribution in [-0.4, -0.2) is 53.6 Å². The van der Waals surface area contributed by atoms with Crippen molar-refractivity contribution >= 4 is 27.7 Å². The van der Waals surface area contributed by atoms with Crippen LogP contribution in [0.3, 0.4) is 0 Å². The van der Waals surface area contributed by atoms with Crippen LogP contribution in [0.5, 0.6) is 5.75 Å². The third-order valence-electron chi connectivity index (χ3n) is 3.75. The second-order valence-electron chi connectivity index (χ2n) is 5.29. The molecule has 0 radical (unpaired) electrons. The van der Waals surface area contributed by atoms with Crippen molar-refractivity contribution in [3.63, 3.8) is 0 Å². The van der Waals surface area contributed by atoms with Crippen molar-refractivity contribution in [2.45, 2.75) is 0 Å². The molecule has 1 saturated heterocycles. The normalized spacial score (nSPS) is 14.6. The van der Waals surface area contributed by atoms with Crippen LogP contribution >= 0.6 is 15.9 Å². The summed E-state index contributed by atoms with van der Waals surface area (Å²) in [6, 6.07) is 4.10. The van der Waals surface area contributed by atoms with Gasteiger partial charge >= 0.3 is 0 Å². The maximum atomic E-state index is 13.0. The van der Waals surface area contributed by atoms with E-state index in [1.807, 2.05) is 0 Å². The second-order valence-corrected chi connectivity index (χ2v) is 6.15. The lowest BCUT2D eigenvalue weighted by atomic mass is 10.3. The van der Waals surface area contributed by atoms with Gasteiger partial charge in [-0.2, -0.15) is 0 Å². The molecule has 0 bridgehead atoms. The summed E-state index contributed by atoms with van der Waals surface area (Å²) >= 11 is 3.22. The van der Waals surface area contributed by atoms with E-state index in [0.717, 1.165) is 5.82 Å². The SMILES string of the molecule is O=C(COc1ccc(F)cc1Br)N1CCN(c2cnccn2)CC1. The Morgan fingerprint density at radius 1 is 1.25 bits per heavy atom. The highest BCUT2D eigenvalue weighted by Gasteiger charge is 2.22. The largest absolute Gasteiger partial charge is 0.483 e. The third-order valence-corrected chi connectivity index (χ3v) is 4.37. The number of amides is 1. The molecule has 1 aromatic heterocycles. The predicted octanol–water partition coefficient (Wildman–Crippen LogP) is 2.11. The quantitative estimate of drug-likeness (QED) is 0.794. The summed E-state index contributed by atoms with van der Waals surface area (Å²) in [6.45, 7) is 2.53. The average Bonchev–Trinajstić information content (AvgIpc) is 2.62. The molecule has 6 nitrogen and oxygen atoms in total. The number of rotatable bonds is 4. The molecule has 2 heterocycles. The Hall–Kier alpha value is -2.22. The maximum Gasteiger partial charge on any atom is 0.260 e. The number of hydrogen-bond donors (Lipinski definition) is 0. The highest BCUT2D eigenvalue weighted by atomic mass is 79.9. The molecule has 0 saturated carbocycles. The number of piperazine rings is 1. The number of halogens is 2. The van der Waals surface area contributed by atoms with Gasteiger partial charge in [-0.1, -0.05) is 0 Å². The lowest BCUT2D eigenvalue weighted by Crippen LogP contribution is -2.50. The van der Waals surface area contributed by atoms with Crippen LogP contribution in [-0.2, 0) is 4.79 Å². The smallest absolute Gasteiger partial charge is 0.260 e. The zero-order valence-corrected chi connectivity index (χ0v) is 14.4. The van der Waals surface area contributed by atoms with Gasteiger partial charge in [-0.3, -0.25) is 9.78 Å². The van der Waals surface area contributed by atoms with Gasteiger partial charge < -0.3 is 14.5 Å². The van der Waals surface area contributed by atoms with Gasteiger partial charge in [-0.15, -0.1) is 0 Å². The first kappa shape index (κ1) is 16.6. The molecule has 1 amide bonds. The first-order valence-corrected chi connectivity index (χ1v) is 8.29. The van der Waals surface area contributed by atoms with Crippen LogP contribution in [0.2, 0.25) is 0 Å². The van der Waals surface area contributed by atoms with E-state index in [9.17, 15) is 9.18 Å². The molecule has 126 valence electrons. The van der Waals surface area contributed by atoms with E-state index < -0.39 is 0 Å². The standard InChI is InChI=1S/C16H16BrFN4O2/c17-13-9-12(18)1-2-14(13)24-11-16(23)22-7-5-21(6-8-22)15-10-19-3-4-20-15/h1-4,9-10H,5-8,11H2. The summed E-state index contributed by atoms with van der Waals surface area (Å²) < 4.78 is 19.0. The van der Waals surface area contributed by atoms with Crippen molar-refractivity contribution in [3.8, 4) is 5.75 Å². The summed E-state index contributed by atoms with van der Waals surface area (Å²) in [6.07, 6.45) is 5.00. The van der Waals surface area contributed by atoms with Gasteiger partial charge in [-0.25, -0.2) is 9.37 Å². The second kappa shape index (κ2) is 7.57. The third kappa shape index (κ3) is 4.00. The Morgan fingerprint density at radius 3 is 2.71 bits per heavy atom. The molecule has 1 aliphatic rings. The monoisotopic (exact) mass is 394 g/mol. The van der Waals surface area contributed by atoms with Crippen molar-refractivity contribution in [3.05, 3.63) is 47.1 Å². The summed E-state index contributed by atoms with van der Waals surface area (Å²) in [5.41, 5.74) is 0. The summed E-state index contributed by atoms with van der Waals surface area (Å²) in [4.78, 5) is 24.4. The zero-order valence-electron chi connectivity index (χ0n) is 12.9. The van der Waals surface area contributed by atoms with E-state index in [0.29, 0.717) is 36.4 Å². The number of benzene rings is 1. The number of anilines is 1. The molecule has 1 aliphatic heterocycles. The molecule has 0 atom stereocenters. The Bertz CT molecular complexity index is 708. The number of aromatic nitrogens is 2. The molecule has 24 heavy (non-hydrogen) atoms. The Kier molecular flexibility index (Phi) is 5.24. The molecule has 1 fully saturated rings. The number of hydrogen-bond acceptors (Lipinski definition) is 5. The van der Waals surface area contributed by atoms with E-state index in [4.69, 9.17) is 4.74 Å². The van der Waals surface area contributed by atoms with Crippen molar-refractivity contribution in [2.75, 3.05) is 37.7 Å². The number of carbonyl (C=O) groups excluding carboxylic acids is 1. The van der Waals surface area contributed by atoms with Crippen LogP contribution in [0.4, 0.5) is 10.2 Å². The van der Waals surface area contributed by atoms with Gasteiger partial charge in [-0.05, 0) is 34.1 Å². The average molecular weight is 395 g/mol. The van der Waals surface area contributed by atoms with Gasteiger partial charge in [0.2, 0.25) is 0 Å². The molecular weight excluding hydrogens is 379 g/mol. The van der Waals surface area contributed by atoms with Crippen molar-refractivity contribution in [1.82, 2.24) is 14.9 Å². The summed E-state index contributed by atoms with van der Waals surface area (Å²) in [7, 11) is 0. The van der Waals surface area contributed by atoms with E-state index >= 15 is 0 Å². The van der Waals surface area contributed by atoms with Crippen LogP contribution in [0.25, 0.3) is 0 Å². The molecule has 8 heteroatoms. The highest BCUT2D eigenvalue weighted by molar-refractivity contribution is 9.10. The van der Waals surface area contributed by atoms with E-state index in [1.165, 1.54) is 18.2 Å². The minimum atomic E-state index is -0.360. The Morgan fingerprint density at radius 2 is 2.04 bits per heavy atom. The molecule has 0 unspecified atom stereocenters. The van der Waals surface area contributed by atoms with Gasteiger partial charge in [0, 0.05) is 38.6 Å². The fourth-order valence-electron chi connectivity index (χ4n) is 2.46. The fourth-order valence-corrected chi connectivity index (χ4v) is 2.93. The number of carbonyl (C=O) groups is 1. The first-order chi connectivity index (χ1) is 11.6. The van der Waals surface area contributed by atoms with Crippen LogP contribution in [0.1, 0.15) is 0 Å². The number of ether oxygens (including phenoxy) is 1. The summed E-state index contributed by atoms with van der Waals surface area (Å²) in [5.74, 6) is 0.810. The summed E-state index contributed by atoms with van der Waals surface area (Å²) in [5, 5.41) is 0. The highest BCUT2D eigenvalue weighted by Crippen LogP contribution is 2.25. The maximum absolute atomic E-state index is 13.0. The lowest BCUT2D eigenvalue weighted by Gasteiger charge is -2.35. The molecule has 0 spiro atoms. The van der Waals surface area contributed by atoms with Crippen LogP contribution in [0, 0.1) is 5.82 Å². The Balaban J connectivity index is 1.50. The van der Waals surface area contributed by atoms with Crippen LogP contribution in [0.15, 0.2) is 41.3 Å². The van der Waals surface area contributed by atoms with E-state index in [1.54, 1.807) is 23.5 Å². The van der Waals surface area contributed by atoms with Gasteiger partial charge in [0.25, 0.3) is 5.91 Å². The van der Waals surface area contributed by atoms with Crippen molar-refractivity contribution < 1.29 is 13.9 Å². The zero-order chi connectivity index (χ0) is 16.9. The predicted molar refractivity (Wildman–Crippen MR) is 90.4 cm³/mol. The van der Waals surface area contributed by atoms with Gasteiger partial charge in [0.1, 0.15) is 17.4 Å². The van der Waals surface area contributed by atoms with Gasteiger partial charge in [0.05, 0.1) is 10.7 Å². The molecule has 0 aliphatic carbocycles. The topological polar surface area (TPSA) is 58.6 Å². The molecule has 2 aromatic rings. The molecule has 1 aromatic carbocycles. The van der Waals surface area contributed by atoms with Crippen LogP contribution < -0.4 is 9.64 Å². The minimum Gasteiger partial charge on any atom is -0.483 e. The van der Waals surface area contributed by atoms with E-state index in [2.05, 4.69) is 30.8 Å². The van der Waals surface area contributed by atoms with Crippen molar-refractivity contribution in [2.24, 2.45) is 0 Å². The van der Waals surface area contributed by atoms with Gasteiger partial charge in [0.15, 0.2) is 6.61 Å². The Labute approximate surface area is 147 Å².